The third-order valence-corrected chi connectivity index (χ3v) is 2.95. The molecule has 20 heavy (non-hydrogen) atoms. The Morgan fingerprint density at radius 2 is 2.00 bits per heavy atom. The first-order valence-corrected chi connectivity index (χ1v) is 6.25. The van der Waals surface area contributed by atoms with Crippen molar-refractivity contribution >= 4 is 0 Å². The van der Waals surface area contributed by atoms with Gasteiger partial charge >= 0.3 is 0 Å². The highest BCUT2D eigenvalue weighted by molar-refractivity contribution is 5.25. The van der Waals surface area contributed by atoms with Gasteiger partial charge in [-0.05, 0) is 12.6 Å². The van der Waals surface area contributed by atoms with Gasteiger partial charge in [-0.25, -0.2) is 13.2 Å². The van der Waals surface area contributed by atoms with Crippen LogP contribution in [0.2, 0.25) is 0 Å². The molecule has 1 N–H and O–H groups in total. The summed E-state index contributed by atoms with van der Waals surface area (Å²) in [6.45, 7) is 2.41. The molecular formula is C13H15F3N4. The molecular weight excluding hydrogens is 269 g/mol. The summed E-state index contributed by atoms with van der Waals surface area (Å²) in [6.07, 6.45) is 2.03. The Morgan fingerprint density at radius 3 is 2.60 bits per heavy atom. The highest BCUT2D eigenvalue weighted by Gasteiger charge is 2.21. The van der Waals surface area contributed by atoms with E-state index in [9.17, 15) is 13.2 Å². The van der Waals surface area contributed by atoms with Crippen molar-refractivity contribution in [3.63, 3.8) is 0 Å². The summed E-state index contributed by atoms with van der Waals surface area (Å²) < 4.78 is 41.7. The van der Waals surface area contributed by atoms with Gasteiger partial charge in [-0.2, -0.15) is 0 Å². The molecule has 2 aromatic rings. The van der Waals surface area contributed by atoms with E-state index in [0.29, 0.717) is 18.7 Å². The summed E-state index contributed by atoms with van der Waals surface area (Å²) in [4.78, 5) is 0. The van der Waals surface area contributed by atoms with Gasteiger partial charge in [-0.15, -0.1) is 5.10 Å². The van der Waals surface area contributed by atoms with Crippen LogP contribution in [-0.4, -0.2) is 21.5 Å². The summed E-state index contributed by atoms with van der Waals surface area (Å²) >= 11 is 0. The Bertz CT molecular complexity index is 597. The van der Waals surface area contributed by atoms with Gasteiger partial charge in [0, 0.05) is 31.3 Å². The third-order valence-electron chi connectivity index (χ3n) is 2.95. The second-order valence-corrected chi connectivity index (χ2v) is 4.46. The number of aryl methyl sites for hydroxylation is 1. The molecule has 0 bridgehead atoms. The van der Waals surface area contributed by atoms with Gasteiger partial charge < -0.3 is 5.32 Å². The van der Waals surface area contributed by atoms with E-state index in [-0.39, 0.29) is 5.56 Å². The van der Waals surface area contributed by atoms with Crippen molar-refractivity contribution in [2.24, 2.45) is 7.05 Å². The predicted molar refractivity (Wildman–Crippen MR) is 67.4 cm³/mol. The first-order chi connectivity index (χ1) is 9.52. The summed E-state index contributed by atoms with van der Waals surface area (Å²) in [5.74, 6) is -3.81. The van der Waals surface area contributed by atoms with Crippen molar-refractivity contribution in [3.05, 3.63) is 47.0 Å². The van der Waals surface area contributed by atoms with Crippen LogP contribution in [0.5, 0.6) is 0 Å². The van der Waals surface area contributed by atoms with Crippen molar-refractivity contribution in [2.75, 3.05) is 6.54 Å². The number of hydrogen-bond acceptors (Lipinski definition) is 3. The molecule has 0 fully saturated rings. The number of aromatic nitrogens is 3. The Hall–Kier alpha value is -1.89. The average molecular weight is 284 g/mol. The lowest BCUT2D eigenvalue weighted by atomic mass is 10.0. The van der Waals surface area contributed by atoms with Crippen molar-refractivity contribution in [3.8, 4) is 0 Å². The molecule has 1 atom stereocenters. The van der Waals surface area contributed by atoms with E-state index >= 15 is 0 Å². The number of nitrogens with one attached hydrogen (secondary N) is 1. The topological polar surface area (TPSA) is 42.7 Å². The van der Waals surface area contributed by atoms with Crippen molar-refractivity contribution in [1.82, 2.24) is 20.3 Å². The van der Waals surface area contributed by atoms with Crippen molar-refractivity contribution in [1.29, 1.82) is 0 Å². The normalized spacial score (nSPS) is 12.7. The first-order valence-electron chi connectivity index (χ1n) is 6.25. The van der Waals surface area contributed by atoms with Crippen LogP contribution >= 0.6 is 0 Å². The van der Waals surface area contributed by atoms with Crippen LogP contribution in [0.4, 0.5) is 13.2 Å². The van der Waals surface area contributed by atoms with E-state index < -0.39 is 23.5 Å². The van der Waals surface area contributed by atoms with Gasteiger partial charge in [0.1, 0.15) is 0 Å². The van der Waals surface area contributed by atoms with Crippen LogP contribution in [0.15, 0.2) is 18.3 Å². The largest absolute Gasteiger partial charge is 0.310 e. The zero-order valence-electron chi connectivity index (χ0n) is 11.2. The zero-order valence-corrected chi connectivity index (χ0v) is 11.2. The molecule has 1 heterocycles. The molecule has 0 amide bonds. The van der Waals surface area contributed by atoms with Crippen LogP contribution in [0, 0.1) is 17.5 Å². The fraction of sp³-hybridized carbons (Fsp3) is 0.385. The molecule has 0 radical (unpaired) electrons. The molecule has 1 unspecified atom stereocenters. The molecule has 0 saturated heterocycles. The maximum atomic E-state index is 13.8. The highest BCUT2D eigenvalue weighted by Crippen LogP contribution is 2.23. The minimum absolute atomic E-state index is 0.0800. The summed E-state index contributed by atoms with van der Waals surface area (Å²) in [5.41, 5.74) is 0.721. The quantitative estimate of drug-likeness (QED) is 0.855. The second kappa shape index (κ2) is 6.04. The Labute approximate surface area is 114 Å². The smallest absolute Gasteiger partial charge is 0.194 e. The molecule has 0 aliphatic carbocycles. The Balaban J connectivity index is 2.31. The monoisotopic (exact) mass is 284 g/mol. The van der Waals surface area contributed by atoms with Crippen LogP contribution in [0.1, 0.15) is 24.2 Å². The van der Waals surface area contributed by atoms with E-state index in [4.69, 9.17) is 0 Å². The number of likely N-dealkylation sites (N-methyl/N-ethyl adjacent to an activating group) is 1. The van der Waals surface area contributed by atoms with Gasteiger partial charge in [0.15, 0.2) is 17.5 Å². The highest BCUT2D eigenvalue weighted by atomic mass is 19.2. The molecule has 0 aliphatic rings. The maximum Gasteiger partial charge on any atom is 0.194 e. The molecule has 2 rings (SSSR count). The Morgan fingerprint density at radius 1 is 1.25 bits per heavy atom. The van der Waals surface area contributed by atoms with E-state index in [2.05, 4.69) is 15.6 Å². The van der Waals surface area contributed by atoms with Gasteiger partial charge in [0.05, 0.1) is 5.69 Å². The summed E-state index contributed by atoms with van der Waals surface area (Å²) in [7, 11) is 1.72. The van der Waals surface area contributed by atoms with Crippen LogP contribution in [0.3, 0.4) is 0 Å². The summed E-state index contributed by atoms with van der Waals surface area (Å²) in [5, 5.41) is 10.7. The van der Waals surface area contributed by atoms with Crippen LogP contribution in [0.25, 0.3) is 0 Å². The van der Waals surface area contributed by atoms with E-state index in [1.54, 1.807) is 13.2 Å². The van der Waals surface area contributed by atoms with Gasteiger partial charge in [-0.1, -0.05) is 18.2 Å². The van der Waals surface area contributed by atoms with E-state index in [0.717, 1.165) is 6.07 Å². The lowest BCUT2D eigenvalue weighted by molar-refractivity contribution is 0.424. The van der Waals surface area contributed by atoms with E-state index in [1.165, 1.54) is 10.7 Å². The minimum atomic E-state index is -1.45. The lowest BCUT2D eigenvalue weighted by Gasteiger charge is -2.18. The molecule has 1 aromatic heterocycles. The molecule has 108 valence electrons. The van der Waals surface area contributed by atoms with Gasteiger partial charge in [0.25, 0.3) is 0 Å². The third kappa shape index (κ3) is 2.98. The number of hydrogen-bond donors (Lipinski definition) is 1. The fourth-order valence-electron chi connectivity index (χ4n) is 2.05. The average Bonchev–Trinajstić information content (AvgIpc) is 2.81. The van der Waals surface area contributed by atoms with Crippen molar-refractivity contribution < 1.29 is 13.2 Å². The first kappa shape index (κ1) is 14.5. The zero-order chi connectivity index (χ0) is 14.7. The second-order valence-electron chi connectivity index (χ2n) is 4.46. The molecule has 0 aliphatic heterocycles. The maximum absolute atomic E-state index is 13.8. The standard InChI is InChI=1S/C13H15F3N4/c1-3-17-11(6-8-7-20(2)19-18-8)9-4-5-10(14)13(16)12(9)15/h4-5,7,11,17H,3,6H2,1-2H3. The SMILES string of the molecule is CCNC(Cc1cn(C)nn1)c1ccc(F)c(F)c1F. The number of halogens is 3. The lowest BCUT2D eigenvalue weighted by Crippen LogP contribution is -2.24. The van der Waals surface area contributed by atoms with Gasteiger partial charge in [-0.3, -0.25) is 4.68 Å². The van der Waals surface area contributed by atoms with Crippen LogP contribution < -0.4 is 5.32 Å². The molecule has 7 heteroatoms. The number of rotatable bonds is 5. The molecule has 0 saturated carbocycles. The fourth-order valence-corrected chi connectivity index (χ4v) is 2.05. The molecule has 0 spiro atoms. The summed E-state index contributed by atoms with van der Waals surface area (Å²) in [6, 6.07) is 1.68. The van der Waals surface area contributed by atoms with Gasteiger partial charge in [0.2, 0.25) is 0 Å². The predicted octanol–water partition coefficient (Wildman–Crippen LogP) is 2.13. The van der Waals surface area contributed by atoms with Crippen LogP contribution in [-0.2, 0) is 13.5 Å². The van der Waals surface area contributed by atoms with Crippen molar-refractivity contribution in [2.45, 2.75) is 19.4 Å². The van der Waals surface area contributed by atoms with E-state index in [1.807, 2.05) is 6.92 Å². The number of nitrogens with zero attached hydrogens (tertiary/aromatic N) is 3. The minimum Gasteiger partial charge on any atom is -0.310 e. The molecule has 1 aromatic carbocycles. The molecule has 4 nitrogen and oxygen atoms in total. The Kier molecular flexibility index (Phi) is 4.39. The number of benzene rings is 1.